The SMILES string of the molecule is CC(=O)CCC(C=CC1(C)CCC(=O)O1)C(C)C. The first-order valence-electron chi connectivity index (χ1n) is 6.73. The number of ether oxygens (including phenoxy) is 1. The first kappa shape index (κ1) is 14.9. The van der Waals surface area contributed by atoms with E-state index in [2.05, 4.69) is 19.9 Å². The Balaban J connectivity index is 2.59. The lowest BCUT2D eigenvalue weighted by Crippen LogP contribution is -2.21. The normalized spacial score (nSPS) is 25.7. The molecule has 3 nitrogen and oxygen atoms in total. The molecule has 0 aliphatic carbocycles. The summed E-state index contributed by atoms with van der Waals surface area (Å²) in [5.74, 6) is 0.964. The highest BCUT2D eigenvalue weighted by Crippen LogP contribution is 2.29. The molecule has 3 heteroatoms. The van der Waals surface area contributed by atoms with Crippen LogP contribution < -0.4 is 0 Å². The highest BCUT2D eigenvalue weighted by molar-refractivity contribution is 5.75. The van der Waals surface area contributed by atoms with E-state index in [0.29, 0.717) is 24.7 Å². The van der Waals surface area contributed by atoms with Gasteiger partial charge in [-0.1, -0.05) is 19.9 Å². The molecule has 1 saturated heterocycles. The second-order valence-electron chi connectivity index (χ2n) is 5.79. The second-order valence-corrected chi connectivity index (χ2v) is 5.79. The van der Waals surface area contributed by atoms with Crippen LogP contribution in [0.25, 0.3) is 0 Å². The lowest BCUT2D eigenvalue weighted by molar-refractivity contribution is -0.144. The number of cyclic esters (lactones) is 1. The Hall–Kier alpha value is -1.12. The van der Waals surface area contributed by atoms with Crippen LogP contribution in [0.4, 0.5) is 0 Å². The van der Waals surface area contributed by atoms with E-state index < -0.39 is 5.60 Å². The number of rotatable bonds is 6. The van der Waals surface area contributed by atoms with E-state index in [-0.39, 0.29) is 11.8 Å². The van der Waals surface area contributed by atoms with Crippen molar-refractivity contribution in [2.45, 2.75) is 59.0 Å². The fraction of sp³-hybridized carbons (Fsp3) is 0.733. The standard InChI is InChI=1S/C15H24O3/c1-11(2)13(6-5-12(3)16)7-9-15(4)10-8-14(17)18-15/h7,9,11,13H,5-6,8,10H2,1-4H3. The molecule has 1 aliphatic heterocycles. The van der Waals surface area contributed by atoms with Crippen molar-refractivity contribution in [2.75, 3.05) is 0 Å². The molecule has 1 rings (SSSR count). The summed E-state index contributed by atoms with van der Waals surface area (Å²) in [5.41, 5.74) is -0.444. The molecule has 2 unspecified atom stereocenters. The summed E-state index contributed by atoms with van der Waals surface area (Å²) in [4.78, 5) is 22.2. The molecular formula is C15H24O3. The fourth-order valence-electron chi connectivity index (χ4n) is 2.18. The average Bonchev–Trinajstić information content (AvgIpc) is 2.58. The Morgan fingerprint density at radius 2 is 2.17 bits per heavy atom. The number of esters is 1. The summed E-state index contributed by atoms with van der Waals surface area (Å²) in [6.07, 6.45) is 6.85. The predicted molar refractivity (Wildman–Crippen MR) is 71.1 cm³/mol. The van der Waals surface area contributed by atoms with Crippen LogP contribution in [0.1, 0.15) is 53.4 Å². The number of ketones is 1. The number of carbonyl (C=O) groups excluding carboxylic acids is 2. The molecule has 18 heavy (non-hydrogen) atoms. The van der Waals surface area contributed by atoms with Crippen LogP contribution in [0.2, 0.25) is 0 Å². The Kier molecular flexibility index (Phi) is 5.12. The monoisotopic (exact) mass is 252 g/mol. The first-order chi connectivity index (χ1) is 8.32. The summed E-state index contributed by atoms with van der Waals surface area (Å²) in [6, 6.07) is 0. The smallest absolute Gasteiger partial charge is 0.306 e. The van der Waals surface area contributed by atoms with E-state index >= 15 is 0 Å². The van der Waals surface area contributed by atoms with Gasteiger partial charge in [0.1, 0.15) is 11.4 Å². The highest BCUT2D eigenvalue weighted by atomic mass is 16.6. The van der Waals surface area contributed by atoms with Crippen molar-refractivity contribution in [1.82, 2.24) is 0 Å². The first-order valence-corrected chi connectivity index (χ1v) is 6.73. The third-order valence-corrected chi connectivity index (χ3v) is 3.55. The van der Waals surface area contributed by atoms with E-state index in [1.165, 1.54) is 0 Å². The van der Waals surface area contributed by atoms with Crippen LogP contribution in [0.3, 0.4) is 0 Å². The van der Waals surface area contributed by atoms with Crippen LogP contribution in [-0.4, -0.2) is 17.4 Å². The van der Waals surface area contributed by atoms with Crippen molar-refractivity contribution >= 4 is 11.8 Å². The van der Waals surface area contributed by atoms with Gasteiger partial charge in [0, 0.05) is 19.3 Å². The van der Waals surface area contributed by atoms with Crippen molar-refractivity contribution in [1.29, 1.82) is 0 Å². The molecule has 2 atom stereocenters. The van der Waals surface area contributed by atoms with Gasteiger partial charge in [0.2, 0.25) is 0 Å². The zero-order valence-corrected chi connectivity index (χ0v) is 11.9. The molecule has 0 aromatic heterocycles. The van der Waals surface area contributed by atoms with Crippen LogP contribution in [-0.2, 0) is 14.3 Å². The van der Waals surface area contributed by atoms with Gasteiger partial charge in [-0.15, -0.1) is 0 Å². The third kappa shape index (κ3) is 4.63. The lowest BCUT2D eigenvalue weighted by atomic mass is 9.88. The maximum Gasteiger partial charge on any atom is 0.306 e. The average molecular weight is 252 g/mol. The molecule has 0 radical (unpaired) electrons. The van der Waals surface area contributed by atoms with E-state index in [1.54, 1.807) is 6.92 Å². The highest BCUT2D eigenvalue weighted by Gasteiger charge is 2.33. The topological polar surface area (TPSA) is 43.4 Å². The molecule has 1 heterocycles. The van der Waals surface area contributed by atoms with E-state index in [9.17, 15) is 9.59 Å². The number of Topliss-reactive ketones (excluding diaryl/α,β-unsaturated/α-hetero) is 1. The predicted octanol–water partition coefficient (Wildman–Crippen LogP) is 3.28. The maximum atomic E-state index is 11.2. The third-order valence-electron chi connectivity index (χ3n) is 3.55. The largest absolute Gasteiger partial charge is 0.455 e. The van der Waals surface area contributed by atoms with Gasteiger partial charge in [0.25, 0.3) is 0 Å². The van der Waals surface area contributed by atoms with Gasteiger partial charge in [-0.2, -0.15) is 0 Å². The summed E-state index contributed by atoms with van der Waals surface area (Å²) >= 11 is 0. The number of hydrogen-bond donors (Lipinski definition) is 0. The van der Waals surface area contributed by atoms with Crippen LogP contribution in [0.15, 0.2) is 12.2 Å². The second kappa shape index (κ2) is 6.17. The Labute approximate surface area is 110 Å². The minimum absolute atomic E-state index is 0.119. The number of allylic oxidation sites excluding steroid dienone is 1. The molecule has 102 valence electrons. The zero-order chi connectivity index (χ0) is 13.8. The molecule has 0 saturated carbocycles. The minimum Gasteiger partial charge on any atom is -0.455 e. The van der Waals surface area contributed by atoms with E-state index in [4.69, 9.17) is 4.74 Å². The quantitative estimate of drug-likeness (QED) is 0.538. The van der Waals surface area contributed by atoms with Crippen LogP contribution in [0.5, 0.6) is 0 Å². The summed E-state index contributed by atoms with van der Waals surface area (Å²) in [6.45, 7) is 7.87. The summed E-state index contributed by atoms with van der Waals surface area (Å²) in [5, 5.41) is 0. The molecule has 0 spiro atoms. The minimum atomic E-state index is -0.444. The molecule has 0 bridgehead atoms. The molecule has 0 aromatic rings. The molecule has 0 amide bonds. The lowest BCUT2D eigenvalue weighted by Gasteiger charge is -2.21. The van der Waals surface area contributed by atoms with Gasteiger partial charge in [-0.05, 0) is 38.2 Å². The number of hydrogen-bond acceptors (Lipinski definition) is 3. The van der Waals surface area contributed by atoms with E-state index in [0.717, 1.165) is 12.8 Å². The van der Waals surface area contributed by atoms with Gasteiger partial charge < -0.3 is 9.53 Å². The molecule has 1 fully saturated rings. The maximum absolute atomic E-state index is 11.2. The van der Waals surface area contributed by atoms with Crippen molar-refractivity contribution in [3.8, 4) is 0 Å². The van der Waals surface area contributed by atoms with Gasteiger partial charge in [-0.25, -0.2) is 0 Å². The van der Waals surface area contributed by atoms with Crippen molar-refractivity contribution in [2.24, 2.45) is 11.8 Å². The Bertz CT molecular complexity index is 344. The zero-order valence-electron chi connectivity index (χ0n) is 11.9. The Morgan fingerprint density at radius 1 is 1.50 bits per heavy atom. The van der Waals surface area contributed by atoms with Crippen molar-refractivity contribution < 1.29 is 14.3 Å². The Morgan fingerprint density at radius 3 is 2.61 bits per heavy atom. The molecule has 1 aliphatic rings. The fourth-order valence-corrected chi connectivity index (χ4v) is 2.18. The van der Waals surface area contributed by atoms with Crippen molar-refractivity contribution in [3.63, 3.8) is 0 Å². The van der Waals surface area contributed by atoms with Gasteiger partial charge in [0.15, 0.2) is 0 Å². The van der Waals surface area contributed by atoms with E-state index in [1.807, 2.05) is 13.0 Å². The summed E-state index contributed by atoms with van der Waals surface area (Å²) < 4.78 is 5.31. The van der Waals surface area contributed by atoms with Gasteiger partial charge in [0.05, 0.1) is 0 Å². The van der Waals surface area contributed by atoms with Crippen LogP contribution >= 0.6 is 0 Å². The molecule has 0 aromatic carbocycles. The molecular weight excluding hydrogens is 228 g/mol. The van der Waals surface area contributed by atoms with Gasteiger partial charge >= 0.3 is 5.97 Å². The number of carbonyl (C=O) groups is 2. The molecule has 0 N–H and O–H groups in total. The van der Waals surface area contributed by atoms with Crippen molar-refractivity contribution in [3.05, 3.63) is 12.2 Å². The summed E-state index contributed by atoms with van der Waals surface area (Å²) in [7, 11) is 0. The van der Waals surface area contributed by atoms with Gasteiger partial charge in [-0.3, -0.25) is 4.79 Å². The van der Waals surface area contributed by atoms with Crippen LogP contribution in [0, 0.1) is 11.8 Å².